The van der Waals surface area contributed by atoms with Gasteiger partial charge in [0.2, 0.25) is 5.91 Å². The van der Waals surface area contributed by atoms with Gasteiger partial charge in [-0.15, -0.1) is 0 Å². The number of amides is 2. The molecule has 0 heterocycles. The minimum absolute atomic E-state index is 0.122. The minimum Gasteiger partial charge on any atom is -0.497 e. The average molecular weight is 401 g/mol. The van der Waals surface area contributed by atoms with Gasteiger partial charge in [0.1, 0.15) is 17.3 Å². The number of esters is 1. The van der Waals surface area contributed by atoms with Crippen LogP contribution in [0.25, 0.3) is 6.08 Å². The monoisotopic (exact) mass is 401 g/mol. The zero-order valence-corrected chi connectivity index (χ0v) is 17.3. The van der Waals surface area contributed by atoms with Crippen molar-refractivity contribution in [3.05, 3.63) is 35.9 Å². The Bertz CT molecular complexity index is 796. The van der Waals surface area contributed by atoms with Crippen LogP contribution in [-0.2, 0) is 19.1 Å². The maximum Gasteiger partial charge on any atom is 0.328 e. The van der Waals surface area contributed by atoms with Gasteiger partial charge in [0, 0.05) is 6.08 Å². The van der Waals surface area contributed by atoms with Crippen LogP contribution in [-0.4, -0.2) is 43.1 Å². The smallest absolute Gasteiger partial charge is 0.328 e. The molecule has 0 saturated heterocycles. The predicted molar refractivity (Wildman–Crippen MR) is 108 cm³/mol. The molecule has 2 amide bonds. The molecule has 0 fully saturated rings. The highest BCUT2D eigenvalue weighted by molar-refractivity contribution is 5.94. The summed E-state index contributed by atoms with van der Waals surface area (Å²) in [5, 5.41) is 14.2. The summed E-state index contributed by atoms with van der Waals surface area (Å²) in [5.41, 5.74) is -0.270. The molecule has 0 bridgehead atoms. The van der Waals surface area contributed by atoms with Gasteiger partial charge < -0.3 is 20.1 Å². The van der Waals surface area contributed by atoms with Crippen LogP contribution in [0.5, 0.6) is 5.75 Å². The maximum atomic E-state index is 12.0. The number of carbonyl (C=O) groups excluding carboxylic acids is 3. The second-order valence-electron chi connectivity index (χ2n) is 6.96. The van der Waals surface area contributed by atoms with E-state index in [1.54, 1.807) is 58.2 Å². The third kappa shape index (κ3) is 7.66. The second-order valence-corrected chi connectivity index (χ2v) is 6.96. The summed E-state index contributed by atoms with van der Waals surface area (Å²) < 4.78 is 9.97. The van der Waals surface area contributed by atoms with Crippen LogP contribution in [0.15, 0.2) is 30.3 Å². The summed E-state index contributed by atoms with van der Waals surface area (Å²) >= 11 is 0. The number of methoxy groups -OCH3 is 1. The summed E-state index contributed by atoms with van der Waals surface area (Å²) in [6, 6.07) is 8.19. The molecule has 8 nitrogen and oxygen atoms in total. The van der Waals surface area contributed by atoms with Gasteiger partial charge in [-0.2, -0.15) is 5.26 Å². The van der Waals surface area contributed by atoms with Crippen molar-refractivity contribution in [1.29, 1.82) is 5.26 Å². The number of benzene rings is 1. The van der Waals surface area contributed by atoms with Crippen molar-refractivity contribution in [2.45, 2.75) is 39.3 Å². The molecular formula is C21H27N3O5. The van der Waals surface area contributed by atoms with E-state index in [2.05, 4.69) is 10.6 Å². The zero-order chi connectivity index (χ0) is 22.0. The number of nitrogens with zero attached hydrogens (tertiary/aromatic N) is 1. The van der Waals surface area contributed by atoms with Crippen molar-refractivity contribution < 1.29 is 23.9 Å². The van der Waals surface area contributed by atoms with Gasteiger partial charge in [-0.3, -0.25) is 9.59 Å². The van der Waals surface area contributed by atoms with E-state index in [1.165, 1.54) is 13.0 Å². The normalized spacial score (nSPS) is 13.8. The first-order valence-electron chi connectivity index (χ1n) is 9.12. The Labute approximate surface area is 170 Å². The number of nitrogens with one attached hydrogen (secondary N) is 2. The third-order valence-corrected chi connectivity index (χ3v) is 4.39. The fourth-order valence-corrected chi connectivity index (χ4v) is 2.10. The van der Waals surface area contributed by atoms with Gasteiger partial charge in [0.25, 0.3) is 5.91 Å². The highest BCUT2D eigenvalue weighted by atomic mass is 16.5. The Morgan fingerprint density at radius 3 is 2.34 bits per heavy atom. The van der Waals surface area contributed by atoms with Crippen molar-refractivity contribution >= 4 is 23.9 Å². The first kappa shape index (κ1) is 23.7. The largest absolute Gasteiger partial charge is 0.497 e. The van der Waals surface area contributed by atoms with Crippen LogP contribution in [0.3, 0.4) is 0 Å². The van der Waals surface area contributed by atoms with Crippen LogP contribution in [0.4, 0.5) is 0 Å². The summed E-state index contributed by atoms with van der Waals surface area (Å²) in [4.78, 5) is 35.9. The lowest BCUT2D eigenvalue weighted by atomic mass is 9.90. The third-order valence-electron chi connectivity index (χ3n) is 4.39. The van der Waals surface area contributed by atoms with Gasteiger partial charge in [-0.05, 0) is 43.5 Å². The van der Waals surface area contributed by atoms with Gasteiger partial charge in [-0.25, -0.2) is 4.79 Å². The van der Waals surface area contributed by atoms with Gasteiger partial charge in [0.15, 0.2) is 6.61 Å². The summed E-state index contributed by atoms with van der Waals surface area (Å²) in [5.74, 6) is -1.24. The molecule has 2 N–H and O–H groups in total. The molecule has 0 aliphatic rings. The van der Waals surface area contributed by atoms with Crippen LogP contribution in [0.2, 0.25) is 0 Å². The summed E-state index contributed by atoms with van der Waals surface area (Å²) in [7, 11) is 1.56. The van der Waals surface area contributed by atoms with Gasteiger partial charge in [0.05, 0.1) is 13.2 Å². The Balaban J connectivity index is 2.48. The van der Waals surface area contributed by atoms with E-state index in [4.69, 9.17) is 9.47 Å². The van der Waals surface area contributed by atoms with Crippen molar-refractivity contribution in [2.75, 3.05) is 13.7 Å². The van der Waals surface area contributed by atoms with Crippen molar-refractivity contribution in [1.82, 2.24) is 10.6 Å². The van der Waals surface area contributed by atoms with E-state index in [-0.39, 0.29) is 5.92 Å². The first-order chi connectivity index (χ1) is 13.6. The fourth-order valence-electron chi connectivity index (χ4n) is 2.10. The van der Waals surface area contributed by atoms with E-state index in [9.17, 15) is 19.6 Å². The quantitative estimate of drug-likeness (QED) is 0.481. The second kappa shape index (κ2) is 10.9. The van der Waals surface area contributed by atoms with Crippen LogP contribution >= 0.6 is 0 Å². The first-order valence-corrected chi connectivity index (χ1v) is 9.12. The molecule has 2 atom stereocenters. The Hall–Kier alpha value is -3.34. The topological polar surface area (TPSA) is 118 Å². The molecular weight excluding hydrogens is 374 g/mol. The molecule has 0 aliphatic carbocycles. The van der Waals surface area contributed by atoms with Crippen molar-refractivity contribution in [3.63, 3.8) is 0 Å². The summed E-state index contributed by atoms with van der Waals surface area (Å²) in [6.07, 6.45) is 2.88. The molecule has 0 radical (unpaired) electrons. The molecule has 0 aliphatic heterocycles. The molecule has 2 unspecified atom stereocenters. The molecule has 0 spiro atoms. The van der Waals surface area contributed by atoms with E-state index < -0.39 is 36.0 Å². The minimum atomic E-state index is -1.06. The van der Waals surface area contributed by atoms with E-state index in [0.29, 0.717) is 5.75 Å². The number of rotatable bonds is 9. The Kier molecular flexibility index (Phi) is 8.87. The van der Waals surface area contributed by atoms with Gasteiger partial charge >= 0.3 is 5.97 Å². The standard InChI is InChI=1S/C21H27N3O5/c1-14(2)21(4,13-22)24-19(26)12-29-20(27)15(3)23-18(25)11-8-16-6-9-17(28-5)10-7-16/h6-11,14-15H,12H2,1-5H3,(H,23,25)(H,24,26). The number of nitriles is 1. The van der Waals surface area contributed by atoms with Crippen LogP contribution in [0.1, 0.15) is 33.3 Å². The lowest BCUT2D eigenvalue weighted by Gasteiger charge is -2.27. The number of carbonyl (C=O) groups is 3. The Morgan fingerprint density at radius 1 is 1.21 bits per heavy atom. The van der Waals surface area contributed by atoms with Crippen LogP contribution < -0.4 is 15.4 Å². The molecule has 8 heteroatoms. The van der Waals surface area contributed by atoms with E-state index in [1.807, 2.05) is 6.07 Å². The average Bonchev–Trinajstić information content (AvgIpc) is 2.70. The molecule has 0 aromatic heterocycles. The molecule has 1 aromatic rings. The van der Waals surface area contributed by atoms with Gasteiger partial charge in [-0.1, -0.05) is 26.0 Å². The zero-order valence-electron chi connectivity index (χ0n) is 17.3. The number of hydrogen-bond donors (Lipinski definition) is 2. The lowest BCUT2D eigenvalue weighted by molar-refractivity contribution is -0.151. The summed E-state index contributed by atoms with van der Waals surface area (Å²) in [6.45, 7) is 6.10. The molecule has 1 aromatic carbocycles. The highest BCUT2D eigenvalue weighted by Gasteiger charge is 2.30. The van der Waals surface area contributed by atoms with Crippen LogP contribution in [0, 0.1) is 17.2 Å². The predicted octanol–water partition coefficient (Wildman–Crippen LogP) is 1.81. The van der Waals surface area contributed by atoms with Crippen molar-refractivity contribution in [3.8, 4) is 11.8 Å². The molecule has 1 rings (SSSR count). The molecule has 0 saturated carbocycles. The lowest BCUT2D eigenvalue weighted by Crippen LogP contribution is -2.50. The highest BCUT2D eigenvalue weighted by Crippen LogP contribution is 2.15. The maximum absolute atomic E-state index is 12.0. The van der Waals surface area contributed by atoms with E-state index >= 15 is 0 Å². The fraction of sp³-hybridized carbons (Fsp3) is 0.429. The number of hydrogen-bond acceptors (Lipinski definition) is 6. The molecule has 29 heavy (non-hydrogen) atoms. The Morgan fingerprint density at radius 2 is 1.83 bits per heavy atom. The molecule has 156 valence electrons. The van der Waals surface area contributed by atoms with Crippen molar-refractivity contribution in [2.24, 2.45) is 5.92 Å². The van der Waals surface area contributed by atoms with E-state index in [0.717, 1.165) is 5.56 Å². The number of ether oxygens (including phenoxy) is 2. The SMILES string of the molecule is COc1ccc(C=CC(=O)NC(C)C(=O)OCC(=O)NC(C)(C#N)C(C)C)cc1.